The van der Waals surface area contributed by atoms with Gasteiger partial charge in [-0.2, -0.15) is 0 Å². The summed E-state index contributed by atoms with van der Waals surface area (Å²) in [5.41, 5.74) is 2.92. The number of rotatable bonds is 3. The fraction of sp³-hybridized carbons (Fsp3) is 0.250. The molecule has 0 saturated carbocycles. The van der Waals surface area contributed by atoms with Gasteiger partial charge in [0.05, 0.1) is 10.5 Å². The average molecular weight is 355 g/mol. The van der Waals surface area contributed by atoms with E-state index in [1.807, 2.05) is 17.6 Å². The summed E-state index contributed by atoms with van der Waals surface area (Å²) < 4.78 is 3.67. The van der Waals surface area contributed by atoms with Crippen molar-refractivity contribution in [2.45, 2.75) is 19.9 Å². The lowest BCUT2D eigenvalue weighted by Gasteiger charge is -2.01. The van der Waals surface area contributed by atoms with Crippen molar-refractivity contribution in [2.24, 2.45) is 0 Å². The van der Waals surface area contributed by atoms with Gasteiger partial charge < -0.3 is 9.55 Å². The lowest BCUT2D eigenvalue weighted by molar-refractivity contribution is 0.697. The molecular weight excluding hydrogens is 344 g/mol. The molecule has 3 aromatic rings. The first kappa shape index (κ1) is 13.0. The van der Waals surface area contributed by atoms with Crippen molar-refractivity contribution in [3.05, 3.63) is 37.6 Å². The van der Waals surface area contributed by atoms with Gasteiger partial charge in [0.15, 0.2) is 10.4 Å². The van der Waals surface area contributed by atoms with Crippen LogP contribution < -0.4 is 0 Å². The molecule has 0 saturated heterocycles. The third-order valence-electron chi connectivity index (χ3n) is 2.79. The topological polar surface area (TPSA) is 46.5 Å². The van der Waals surface area contributed by atoms with Crippen molar-refractivity contribution < 1.29 is 0 Å². The van der Waals surface area contributed by atoms with Crippen LogP contribution in [0.2, 0.25) is 0 Å². The van der Waals surface area contributed by atoms with Crippen LogP contribution in [0.4, 0.5) is 0 Å². The minimum atomic E-state index is 0.703. The normalized spacial score (nSPS) is 11.3. The predicted octanol–water partition coefficient (Wildman–Crippen LogP) is 3.86. The van der Waals surface area contributed by atoms with Gasteiger partial charge >= 0.3 is 0 Å². The quantitative estimate of drug-likeness (QED) is 0.726. The Balaban J connectivity index is 1.92. The Labute approximate surface area is 127 Å². The van der Waals surface area contributed by atoms with E-state index >= 15 is 0 Å². The molecule has 0 radical (unpaired) electrons. The van der Waals surface area contributed by atoms with Gasteiger partial charge in [-0.25, -0.2) is 9.97 Å². The molecule has 0 bridgehead atoms. The highest BCUT2D eigenvalue weighted by Crippen LogP contribution is 2.18. The molecule has 4 nitrogen and oxygen atoms in total. The molecule has 98 valence electrons. The zero-order chi connectivity index (χ0) is 13.4. The van der Waals surface area contributed by atoms with Crippen LogP contribution >= 0.6 is 39.5 Å². The number of nitrogens with one attached hydrogen (secondary N) is 1. The van der Waals surface area contributed by atoms with Crippen molar-refractivity contribution >= 4 is 50.6 Å². The zero-order valence-corrected chi connectivity index (χ0v) is 13.4. The van der Waals surface area contributed by atoms with E-state index in [4.69, 9.17) is 12.2 Å². The molecule has 0 aliphatic rings. The Morgan fingerprint density at radius 1 is 1.53 bits per heavy atom. The molecule has 0 spiro atoms. The van der Waals surface area contributed by atoms with Crippen LogP contribution in [0.15, 0.2) is 22.1 Å². The van der Waals surface area contributed by atoms with Gasteiger partial charge in [0.1, 0.15) is 0 Å². The number of aryl methyl sites for hydroxylation is 3. The van der Waals surface area contributed by atoms with Crippen LogP contribution in [0.1, 0.15) is 10.7 Å². The molecule has 0 aliphatic carbocycles. The molecule has 7 heteroatoms. The van der Waals surface area contributed by atoms with Crippen LogP contribution in [-0.2, 0) is 13.0 Å². The van der Waals surface area contributed by atoms with Gasteiger partial charge in [0.2, 0.25) is 0 Å². The smallest absolute Gasteiger partial charge is 0.179 e. The maximum absolute atomic E-state index is 5.35. The number of hydrogen-bond acceptors (Lipinski definition) is 4. The minimum absolute atomic E-state index is 0.703. The van der Waals surface area contributed by atoms with Crippen molar-refractivity contribution in [2.75, 3.05) is 0 Å². The highest BCUT2D eigenvalue weighted by atomic mass is 79.9. The van der Waals surface area contributed by atoms with Gasteiger partial charge in [0, 0.05) is 34.7 Å². The molecule has 0 fully saturated rings. The molecule has 0 unspecified atom stereocenters. The lowest BCUT2D eigenvalue weighted by atomic mass is 10.4. The van der Waals surface area contributed by atoms with Crippen molar-refractivity contribution in [3.63, 3.8) is 0 Å². The monoisotopic (exact) mass is 354 g/mol. The minimum Gasteiger partial charge on any atom is -0.329 e. The Morgan fingerprint density at radius 3 is 3.11 bits per heavy atom. The summed E-state index contributed by atoms with van der Waals surface area (Å²) in [5.74, 6) is 0. The van der Waals surface area contributed by atoms with Gasteiger partial charge in [-0.05, 0) is 41.1 Å². The maximum atomic E-state index is 5.35. The number of aromatic amines is 1. The number of pyridine rings is 1. The largest absolute Gasteiger partial charge is 0.329 e. The Bertz CT molecular complexity index is 786. The molecule has 19 heavy (non-hydrogen) atoms. The van der Waals surface area contributed by atoms with Gasteiger partial charge in [-0.1, -0.05) is 0 Å². The molecular formula is C12H11BrN4S2. The molecule has 0 aliphatic heterocycles. The summed E-state index contributed by atoms with van der Waals surface area (Å²) in [7, 11) is 0. The summed E-state index contributed by atoms with van der Waals surface area (Å²) in [6.07, 6.45) is 2.66. The zero-order valence-electron chi connectivity index (χ0n) is 10.2. The molecule has 3 aromatic heterocycles. The molecule has 1 N–H and O–H groups in total. The fourth-order valence-corrected chi connectivity index (χ4v) is 3.33. The van der Waals surface area contributed by atoms with Crippen LogP contribution in [0.5, 0.6) is 0 Å². The number of nitrogens with zero attached hydrogens (tertiary/aromatic N) is 3. The highest BCUT2D eigenvalue weighted by Gasteiger charge is 2.07. The van der Waals surface area contributed by atoms with Crippen LogP contribution in [0.25, 0.3) is 11.2 Å². The van der Waals surface area contributed by atoms with E-state index in [-0.39, 0.29) is 0 Å². The van der Waals surface area contributed by atoms with Gasteiger partial charge in [0.25, 0.3) is 0 Å². The average Bonchev–Trinajstić information content (AvgIpc) is 2.89. The SMILES string of the molecule is Cc1csc(CCn2c(=S)[nH]c3cc(Br)cnc32)n1. The van der Waals surface area contributed by atoms with Crippen molar-refractivity contribution in [1.82, 2.24) is 19.5 Å². The maximum Gasteiger partial charge on any atom is 0.179 e. The first-order valence-electron chi connectivity index (χ1n) is 5.78. The highest BCUT2D eigenvalue weighted by molar-refractivity contribution is 9.10. The first-order valence-corrected chi connectivity index (χ1v) is 7.86. The second kappa shape index (κ2) is 5.15. The van der Waals surface area contributed by atoms with E-state index in [1.54, 1.807) is 17.5 Å². The molecule has 0 amide bonds. The van der Waals surface area contributed by atoms with Crippen LogP contribution in [0, 0.1) is 11.7 Å². The predicted molar refractivity (Wildman–Crippen MR) is 83.2 cm³/mol. The van der Waals surface area contributed by atoms with Crippen LogP contribution in [-0.4, -0.2) is 19.5 Å². The molecule has 0 aromatic carbocycles. The molecule has 3 rings (SSSR count). The number of fused-ring (bicyclic) bond motifs is 1. The molecule has 3 heterocycles. The standard InChI is InChI=1S/C12H11BrN4S2/c1-7-6-19-10(15-7)2-3-17-11-9(16-12(17)18)4-8(13)5-14-11/h4-6H,2-3H2,1H3,(H,16,18). The number of thiazole rings is 1. The fourth-order valence-electron chi connectivity index (χ4n) is 1.95. The summed E-state index contributed by atoms with van der Waals surface area (Å²) in [6, 6.07) is 1.99. The van der Waals surface area contributed by atoms with Gasteiger partial charge in [-0.3, -0.25) is 0 Å². The van der Waals surface area contributed by atoms with E-state index in [2.05, 4.69) is 36.3 Å². The number of imidazole rings is 1. The van der Waals surface area contributed by atoms with E-state index in [0.29, 0.717) is 4.77 Å². The number of halogens is 1. The third kappa shape index (κ3) is 2.63. The summed E-state index contributed by atoms with van der Waals surface area (Å²) in [5, 5.41) is 3.20. The lowest BCUT2D eigenvalue weighted by Crippen LogP contribution is -2.02. The molecule has 0 atom stereocenters. The van der Waals surface area contributed by atoms with Crippen molar-refractivity contribution in [1.29, 1.82) is 0 Å². The van der Waals surface area contributed by atoms with Crippen molar-refractivity contribution in [3.8, 4) is 0 Å². The Kier molecular flexibility index (Phi) is 3.51. The summed E-state index contributed by atoms with van der Waals surface area (Å²) in [6.45, 7) is 2.80. The summed E-state index contributed by atoms with van der Waals surface area (Å²) in [4.78, 5) is 12.1. The van der Waals surface area contributed by atoms with Gasteiger partial charge in [-0.15, -0.1) is 11.3 Å². The second-order valence-corrected chi connectivity index (χ2v) is 6.48. The first-order chi connectivity index (χ1) is 9.13. The van der Waals surface area contributed by atoms with Crippen LogP contribution in [0.3, 0.4) is 0 Å². The number of aromatic nitrogens is 4. The Hall–Kier alpha value is -1.05. The van der Waals surface area contributed by atoms with E-state index in [9.17, 15) is 0 Å². The second-order valence-electron chi connectivity index (χ2n) is 4.24. The third-order valence-corrected chi connectivity index (χ3v) is 4.57. The van der Waals surface area contributed by atoms with E-state index < -0.39 is 0 Å². The number of hydrogen-bond donors (Lipinski definition) is 1. The number of H-pyrrole nitrogens is 1. The van der Waals surface area contributed by atoms with E-state index in [0.717, 1.165) is 39.3 Å². The Morgan fingerprint density at radius 2 is 2.37 bits per heavy atom. The summed E-state index contributed by atoms with van der Waals surface area (Å²) >= 11 is 10.5. The van der Waals surface area contributed by atoms with E-state index in [1.165, 1.54) is 0 Å².